The Labute approximate surface area is 134 Å². The molecule has 0 atom stereocenters. The Bertz CT molecular complexity index is 696. The fraction of sp³-hybridized carbons (Fsp3) is 0.353. The molecule has 2 N–H and O–H groups in total. The van der Waals surface area contributed by atoms with Crippen LogP contribution in [0.5, 0.6) is 0 Å². The Morgan fingerprint density at radius 2 is 1.96 bits per heavy atom. The molecule has 0 spiro atoms. The lowest BCUT2D eigenvalue weighted by atomic mass is 9.97. The van der Waals surface area contributed by atoms with Crippen molar-refractivity contribution in [2.75, 3.05) is 18.4 Å². The molecule has 1 aromatic carbocycles. The first-order valence-electron chi connectivity index (χ1n) is 7.74. The second kappa shape index (κ2) is 6.83. The van der Waals surface area contributed by atoms with E-state index < -0.39 is 0 Å². The average Bonchev–Trinajstić information content (AvgIpc) is 2.57. The first-order valence-corrected chi connectivity index (χ1v) is 7.74. The van der Waals surface area contributed by atoms with Gasteiger partial charge in [-0.25, -0.2) is 14.4 Å². The van der Waals surface area contributed by atoms with Crippen molar-refractivity contribution in [1.29, 1.82) is 0 Å². The Morgan fingerprint density at radius 1 is 1.26 bits per heavy atom. The molecule has 1 fully saturated rings. The summed E-state index contributed by atoms with van der Waals surface area (Å²) in [7, 11) is 0. The highest BCUT2D eigenvalue weighted by Gasteiger charge is 2.20. The van der Waals surface area contributed by atoms with Gasteiger partial charge in [0.25, 0.3) is 5.91 Å². The molecule has 0 bridgehead atoms. The number of rotatable bonds is 3. The van der Waals surface area contributed by atoms with Gasteiger partial charge in [0.05, 0.1) is 11.3 Å². The van der Waals surface area contributed by atoms with E-state index in [9.17, 15) is 9.18 Å². The van der Waals surface area contributed by atoms with Gasteiger partial charge in [-0.05, 0) is 57.1 Å². The molecule has 0 aliphatic carbocycles. The minimum Gasteiger partial charge on any atom is -0.322 e. The predicted octanol–water partition coefficient (Wildman–Crippen LogP) is 2.64. The van der Waals surface area contributed by atoms with Crippen molar-refractivity contribution in [1.82, 2.24) is 15.3 Å². The highest BCUT2D eigenvalue weighted by atomic mass is 19.1. The van der Waals surface area contributed by atoms with E-state index >= 15 is 0 Å². The average molecular weight is 314 g/mol. The summed E-state index contributed by atoms with van der Waals surface area (Å²) in [5, 5.41) is 6.04. The van der Waals surface area contributed by atoms with Gasteiger partial charge in [-0.15, -0.1) is 0 Å². The fourth-order valence-corrected chi connectivity index (χ4v) is 2.72. The van der Waals surface area contributed by atoms with Crippen LogP contribution in [-0.4, -0.2) is 29.0 Å². The van der Waals surface area contributed by atoms with Crippen LogP contribution in [0.4, 0.5) is 10.1 Å². The number of aromatic nitrogens is 2. The lowest BCUT2D eigenvalue weighted by Crippen LogP contribution is -2.28. The van der Waals surface area contributed by atoms with Crippen molar-refractivity contribution in [3.05, 3.63) is 53.4 Å². The van der Waals surface area contributed by atoms with Gasteiger partial charge < -0.3 is 10.6 Å². The van der Waals surface area contributed by atoms with E-state index in [1.165, 1.54) is 24.3 Å². The Kier molecular flexibility index (Phi) is 4.62. The number of hydrogen-bond donors (Lipinski definition) is 2. The number of carbonyl (C=O) groups is 1. The van der Waals surface area contributed by atoms with Gasteiger partial charge in [-0.1, -0.05) is 0 Å². The number of amides is 1. The smallest absolute Gasteiger partial charge is 0.259 e. The molecule has 6 heteroatoms. The van der Waals surface area contributed by atoms with Gasteiger partial charge in [-0.2, -0.15) is 0 Å². The maximum Gasteiger partial charge on any atom is 0.259 e. The Balaban J connectivity index is 1.74. The number of piperidine rings is 1. The van der Waals surface area contributed by atoms with E-state index in [0.29, 0.717) is 22.9 Å². The van der Waals surface area contributed by atoms with Crippen molar-refractivity contribution < 1.29 is 9.18 Å². The van der Waals surface area contributed by atoms with Crippen molar-refractivity contribution in [2.45, 2.75) is 25.7 Å². The number of anilines is 1. The molecule has 1 aliphatic rings. The van der Waals surface area contributed by atoms with Gasteiger partial charge in [0.2, 0.25) is 0 Å². The highest BCUT2D eigenvalue weighted by Crippen LogP contribution is 2.22. The molecule has 3 rings (SSSR count). The Hall–Kier alpha value is -2.34. The minimum absolute atomic E-state index is 0.286. The van der Waals surface area contributed by atoms with Gasteiger partial charge in [0, 0.05) is 17.8 Å². The van der Waals surface area contributed by atoms with Crippen LogP contribution >= 0.6 is 0 Å². The number of hydrogen-bond acceptors (Lipinski definition) is 4. The minimum atomic E-state index is -0.339. The number of carbonyl (C=O) groups excluding carboxylic acids is 1. The number of nitrogens with one attached hydrogen (secondary N) is 2. The zero-order chi connectivity index (χ0) is 16.2. The van der Waals surface area contributed by atoms with Gasteiger partial charge >= 0.3 is 0 Å². The molecule has 1 saturated heterocycles. The summed E-state index contributed by atoms with van der Waals surface area (Å²) >= 11 is 0. The number of nitrogens with zero attached hydrogens (tertiary/aromatic N) is 2. The largest absolute Gasteiger partial charge is 0.322 e. The van der Waals surface area contributed by atoms with Crippen LogP contribution < -0.4 is 10.6 Å². The second-order valence-electron chi connectivity index (χ2n) is 5.71. The topological polar surface area (TPSA) is 66.9 Å². The third-order valence-electron chi connectivity index (χ3n) is 4.05. The van der Waals surface area contributed by atoms with Crippen LogP contribution in [0.2, 0.25) is 0 Å². The van der Waals surface area contributed by atoms with Crippen molar-refractivity contribution in [3.8, 4) is 0 Å². The molecule has 0 radical (unpaired) electrons. The molecule has 1 amide bonds. The van der Waals surface area contributed by atoms with Gasteiger partial charge in [0.1, 0.15) is 11.6 Å². The van der Waals surface area contributed by atoms with Crippen molar-refractivity contribution >= 4 is 11.6 Å². The van der Waals surface area contributed by atoms with E-state index in [4.69, 9.17) is 0 Å². The first-order chi connectivity index (χ1) is 11.1. The zero-order valence-electron chi connectivity index (χ0n) is 13.0. The summed E-state index contributed by atoms with van der Waals surface area (Å²) in [5.74, 6) is 0.534. The molecular weight excluding hydrogens is 295 g/mol. The van der Waals surface area contributed by atoms with Crippen LogP contribution in [0, 0.1) is 12.7 Å². The van der Waals surface area contributed by atoms with Crippen LogP contribution in [0.1, 0.15) is 40.6 Å². The molecule has 1 aliphatic heterocycles. The molecule has 23 heavy (non-hydrogen) atoms. The van der Waals surface area contributed by atoms with Crippen LogP contribution in [-0.2, 0) is 0 Å². The lowest BCUT2D eigenvalue weighted by Gasteiger charge is -2.21. The summed E-state index contributed by atoms with van der Waals surface area (Å²) in [6.07, 6.45) is 3.61. The normalized spacial score (nSPS) is 15.4. The molecular formula is C17H19FN4O. The molecule has 0 saturated carbocycles. The van der Waals surface area contributed by atoms with E-state index in [1.807, 2.05) is 6.92 Å². The maximum absolute atomic E-state index is 12.9. The molecule has 120 valence electrons. The molecule has 2 heterocycles. The fourth-order valence-electron chi connectivity index (χ4n) is 2.72. The molecule has 1 aromatic heterocycles. The molecule has 5 nitrogen and oxygen atoms in total. The monoisotopic (exact) mass is 314 g/mol. The standard InChI is InChI=1S/C17H19FN4O/c1-11-15(17(23)22-14-4-2-13(18)3-5-14)10-20-16(21-11)12-6-8-19-9-7-12/h2-5,10,12,19H,6-9H2,1H3,(H,22,23). The van der Waals surface area contributed by atoms with Crippen LogP contribution in [0.15, 0.2) is 30.5 Å². The van der Waals surface area contributed by atoms with E-state index in [1.54, 1.807) is 6.20 Å². The summed E-state index contributed by atoms with van der Waals surface area (Å²) in [6.45, 7) is 3.76. The quantitative estimate of drug-likeness (QED) is 0.914. The van der Waals surface area contributed by atoms with Gasteiger partial charge in [0.15, 0.2) is 0 Å². The molecule has 0 unspecified atom stereocenters. The maximum atomic E-state index is 12.9. The highest BCUT2D eigenvalue weighted by molar-refractivity contribution is 6.04. The third kappa shape index (κ3) is 3.71. The molecule has 2 aromatic rings. The summed E-state index contributed by atoms with van der Waals surface area (Å²) in [6, 6.07) is 5.65. The Morgan fingerprint density at radius 3 is 2.61 bits per heavy atom. The zero-order valence-corrected chi connectivity index (χ0v) is 13.0. The van der Waals surface area contributed by atoms with Crippen molar-refractivity contribution in [3.63, 3.8) is 0 Å². The summed E-state index contributed by atoms with van der Waals surface area (Å²) < 4.78 is 12.9. The number of halogens is 1. The van der Waals surface area contributed by atoms with Gasteiger partial charge in [-0.3, -0.25) is 4.79 Å². The lowest BCUT2D eigenvalue weighted by molar-refractivity contribution is 0.102. The summed E-state index contributed by atoms with van der Waals surface area (Å²) in [4.78, 5) is 21.2. The predicted molar refractivity (Wildman–Crippen MR) is 86.0 cm³/mol. The van der Waals surface area contributed by atoms with E-state index in [2.05, 4.69) is 20.6 Å². The van der Waals surface area contributed by atoms with E-state index in [0.717, 1.165) is 31.8 Å². The first kappa shape index (κ1) is 15.6. The SMILES string of the molecule is Cc1nc(C2CCNCC2)ncc1C(=O)Nc1ccc(F)cc1. The number of benzene rings is 1. The summed E-state index contributed by atoms with van der Waals surface area (Å²) in [5.41, 5.74) is 1.64. The van der Waals surface area contributed by atoms with Crippen LogP contribution in [0.3, 0.4) is 0 Å². The second-order valence-corrected chi connectivity index (χ2v) is 5.71. The number of aryl methyl sites for hydroxylation is 1. The van der Waals surface area contributed by atoms with Crippen LogP contribution in [0.25, 0.3) is 0 Å². The van der Waals surface area contributed by atoms with Crippen molar-refractivity contribution in [2.24, 2.45) is 0 Å². The van der Waals surface area contributed by atoms with E-state index in [-0.39, 0.29) is 11.7 Å². The third-order valence-corrected chi connectivity index (χ3v) is 4.05.